The molecule has 34 heavy (non-hydrogen) atoms. The maximum absolute atomic E-state index is 12.0. The van der Waals surface area contributed by atoms with Gasteiger partial charge in [0.1, 0.15) is 13.2 Å². The lowest BCUT2D eigenvalue weighted by molar-refractivity contribution is -0.870. The van der Waals surface area contributed by atoms with Gasteiger partial charge in [-0.15, -0.1) is 0 Å². The predicted molar refractivity (Wildman–Crippen MR) is 146 cm³/mol. The van der Waals surface area contributed by atoms with Crippen LogP contribution >= 0.6 is 19.6 Å². The van der Waals surface area contributed by atoms with Gasteiger partial charge in [-0.3, -0.25) is 9.05 Å². The average molecular weight is 522 g/mol. The second-order valence-corrected chi connectivity index (χ2v) is 13.1. The molecule has 6 nitrogen and oxygen atoms in total. The Labute approximate surface area is 215 Å². The first-order valence-electron chi connectivity index (χ1n) is 13.6. The van der Waals surface area contributed by atoms with Crippen molar-refractivity contribution in [2.24, 2.45) is 5.92 Å². The first-order valence-corrected chi connectivity index (χ1v) is 16.2. The van der Waals surface area contributed by atoms with Gasteiger partial charge in [-0.1, -0.05) is 90.4 Å². The Balaban J connectivity index is 3.66. The van der Waals surface area contributed by atoms with Gasteiger partial charge in [0, 0.05) is 12.3 Å². The van der Waals surface area contributed by atoms with Crippen molar-refractivity contribution in [2.45, 2.75) is 103 Å². The van der Waals surface area contributed by atoms with Gasteiger partial charge in [0.15, 0.2) is 0 Å². The number of quaternary nitrogens is 1. The minimum absolute atomic E-state index is 0.0517. The van der Waals surface area contributed by atoms with Crippen LogP contribution in [0.5, 0.6) is 0 Å². The summed E-state index contributed by atoms with van der Waals surface area (Å²) in [6.07, 6.45) is 19.4. The highest BCUT2D eigenvalue weighted by Crippen LogP contribution is 2.43. The summed E-state index contributed by atoms with van der Waals surface area (Å²) in [6, 6.07) is 2.16. The van der Waals surface area contributed by atoms with Gasteiger partial charge in [-0.05, 0) is 17.9 Å². The molecule has 1 N–H and O–H groups in total. The highest BCUT2D eigenvalue weighted by Gasteiger charge is 2.24. The van der Waals surface area contributed by atoms with Crippen LogP contribution in [-0.4, -0.2) is 61.8 Å². The van der Waals surface area contributed by atoms with Crippen LogP contribution in [0.4, 0.5) is 0 Å². The topological polar surface area (TPSA) is 79.5 Å². The lowest BCUT2D eigenvalue weighted by Gasteiger charge is -2.24. The Morgan fingerprint density at radius 2 is 1.38 bits per heavy atom. The van der Waals surface area contributed by atoms with Gasteiger partial charge in [-0.25, -0.2) is 4.57 Å². The number of thioether (sulfide) groups is 1. The zero-order chi connectivity index (χ0) is 25.5. The van der Waals surface area contributed by atoms with Crippen LogP contribution < -0.4 is 0 Å². The molecular formula is C26H54N2O4PS+. The molecule has 0 bridgehead atoms. The first kappa shape index (κ1) is 33.9. The second-order valence-electron chi connectivity index (χ2n) is 10.5. The molecule has 0 spiro atoms. The summed E-state index contributed by atoms with van der Waals surface area (Å²) < 4.78 is 22.9. The molecule has 2 atom stereocenters. The number of likely N-dealkylation sites (N-methyl/N-ethyl adjacent to an activating group) is 1. The largest absolute Gasteiger partial charge is 0.472 e. The van der Waals surface area contributed by atoms with E-state index in [2.05, 4.69) is 13.0 Å². The van der Waals surface area contributed by atoms with E-state index in [-0.39, 0.29) is 19.1 Å². The number of unbranched alkanes of at least 4 members (excludes halogenated alkanes) is 13. The number of nitriles is 1. The van der Waals surface area contributed by atoms with E-state index in [1.54, 1.807) is 0 Å². The van der Waals surface area contributed by atoms with Crippen molar-refractivity contribution in [1.29, 1.82) is 5.26 Å². The Bertz CT molecular complexity index is 552. The SMILES string of the molecule is CCCCCCCCCCCCCCCCSCC(CC#N)COP(=O)(O)OCC[N+](C)(C)C. The van der Waals surface area contributed by atoms with Crippen LogP contribution in [0.2, 0.25) is 0 Å². The molecular weight excluding hydrogens is 467 g/mol. The van der Waals surface area contributed by atoms with Gasteiger partial charge in [0.2, 0.25) is 0 Å². The van der Waals surface area contributed by atoms with Crippen molar-refractivity contribution in [3.63, 3.8) is 0 Å². The second kappa shape index (κ2) is 22.1. The van der Waals surface area contributed by atoms with E-state index in [1.165, 1.54) is 89.9 Å². The van der Waals surface area contributed by atoms with Crippen molar-refractivity contribution in [1.82, 2.24) is 0 Å². The number of phosphoric ester groups is 1. The molecule has 0 radical (unpaired) electrons. The zero-order valence-corrected chi connectivity index (χ0v) is 24.4. The van der Waals surface area contributed by atoms with Crippen molar-refractivity contribution >= 4 is 19.6 Å². The highest BCUT2D eigenvalue weighted by molar-refractivity contribution is 7.99. The third kappa shape index (κ3) is 25.0. The fraction of sp³-hybridized carbons (Fsp3) is 0.962. The summed E-state index contributed by atoms with van der Waals surface area (Å²) in [5, 5.41) is 9.05. The molecule has 0 heterocycles. The van der Waals surface area contributed by atoms with E-state index in [9.17, 15) is 9.46 Å². The summed E-state index contributed by atoms with van der Waals surface area (Å²) in [5.41, 5.74) is 0. The molecule has 0 aliphatic carbocycles. The average Bonchev–Trinajstić information content (AvgIpc) is 2.76. The third-order valence-electron chi connectivity index (χ3n) is 5.87. The lowest BCUT2D eigenvalue weighted by Crippen LogP contribution is -2.37. The summed E-state index contributed by atoms with van der Waals surface area (Å²) in [6.45, 7) is 3.13. The van der Waals surface area contributed by atoms with Crippen LogP contribution in [0, 0.1) is 17.2 Å². The van der Waals surface area contributed by atoms with Gasteiger partial charge in [-0.2, -0.15) is 17.0 Å². The zero-order valence-electron chi connectivity index (χ0n) is 22.6. The molecule has 2 unspecified atom stereocenters. The number of phosphoric acid groups is 1. The quantitative estimate of drug-likeness (QED) is 0.0758. The molecule has 0 aliphatic heterocycles. The maximum atomic E-state index is 12.0. The van der Waals surface area contributed by atoms with Crippen molar-refractivity contribution in [3.8, 4) is 6.07 Å². The number of hydrogen-bond acceptors (Lipinski definition) is 5. The normalized spacial score (nSPS) is 14.6. The van der Waals surface area contributed by atoms with Gasteiger partial charge < -0.3 is 9.38 Å². The molecule has 0 aromatic heterocycles. The first-order chi connectivity index (χ1) is 16.2. The van der Waals surface area contributed by atoms with Gasteiger partial charge >= 0.3 is 7.82 Å². The fourth-order valence-electron chi connectivity index (χ4n) is 3.61. The Morgan fingerprint density at radius 3 is 1.85 bits per heavy atom. The van der Waals surface area contributed by atoms with E-state index < -0.39 is 7.82 Å². The number of rotatable bonds is 25. The lowest BCUT2D eigenvalue weighted by atomic mass is 10.0. The monoisotopic (exact) mass is 521 g/mol. The van der Waals surface area contributed by atoms with Crippen LogP contribution in [-0.2, 0) is 13.6 Å². The van der Waals surface area contributed by atoms with Crippen molar-refractivity contribution < 1.29 is 23.0 Å². The predicted octanol–water partition coefficient (Wildman–Crippen LogP) is 7.57. The fourth-order valence-corrected chi connectivity index (χ4v) is 5.52. The maximum Gasteiger partial charge on any atom is 0.472 e. The molecule has 0 aliphatic rings. The summed E-state index contributed by atoms with van der Waals surface area (Å²) in [4.78, 5) is 9.86. The minimum Gasteiger partial charge on any atom is -0.329 e. The van der Waals surface area contributed by atoms with E-state index >= 15 is 0 Å². The van der Waals surface area contributed by atoms with Crippen LogP contribution in [0.1, 0.15) is 103 Å². The number of nitrogens with zero attached hydrogens (tertiary/aromatic N) is 2. The summed E-state index contributed by atoms with van der Waals surface area (Å²) in [5.74, 6) is 1.78. The van der Waals surface area contributed by atoms with Crippen molar-refractivity contribution in [2.75, 3.05) is 52.4 Å². The smallest absolute Gasteiger partial charge is 0.329 e. The van der Waals surface area contributed by atoms with Crippen LogP contribution in [0.3, 0.4) is 0 Å². The molecule has 0 aromatic carbocycles. The molecule has 202 valence electrons. The summed E-state index contributed by atoms with van der Waals surface area (Å²) in [7, 11) is 1.91. The Morgan fingerprint density at radius 1 is 0.882 bits per heavy atom. The minimum atomic E-state index is -4.06. The van der Waals surface area contributed by atoms with Crippen LogP contribution in [0.15, 0.2) is 0 Å². The standard InChI is InChI=1S/C26H53N2O4PS/c1-5-6-7-8-9-10-11-12-13-14-15-16-17-18-23-34-25-26(19-20-27)24-32-33(29,30)31-22-21-28(2,3)4/h26H,5-19,21-25H2,1-4H3/p+1. The molecule has 0 aromatic rings. The molecule has 0 rings (SSSR count). The highest BCUT2D eigenvalue weighted by atomic mass is 32.2. The Kier molecular flexibility index (Phi) is 22.1. The van der Waals surface area contributed by atoms with Crippen molar-refractivity contribution in [3.05, 3.63) is 0 Å². The van der Waals surface area contributed by atoms with Gasteiger partial charge in [0.25, 0.3) is 0 Å². The molecule has 0 saturated carbocycles. The van der Waals surface area contributed by atoms with E-state index in [1.807, 2.05) is 32.9 Å². The molecule has 0 amide bonds. The molecule has 0 saturated heterocycles. The molecule has 0 fully saturated rings. The van der Waals surface area contributed by atoms with Crippen LogP contribution in [0.25, 0.3) is 0 Å². The Hall–Kier alpha value is -0.0900. The number of hydrogen-bond donors (Lipinski definition) is 1. The molecule has 8 heteroatoms. The van der Waals surface area contributed by atoms with E-state index in [4.69, 9.17) is 14.3 Å². The summed E-state index contributed by atoms with van der Waals surface area (Å²) >= 11 is 1.81. The third-order valence-corrected chi connectivity index (χ3v) is 8.13. The van der Waals surface area contributed by atoms with E-state index in [0.717, 1.165) is 11.5 Å². The van der Waals surface area contributed by atoms with Gasteiger partial charge in [0.05, 0.1) is 33.8 Å². The van der Waals surface area contributed by atoms with E-state index in [0.29, 0.717) is 17.4 Å².